The maximum absolute atomic E-state index is 11.9. The molecule has 0 unspecified atom stereocenters. The summed E-state index contributed by atoms with van der Waals surface area (Å²) < 4.78 is 16.0. The third-order valence-corrected chi connectivity index (χ3v) is 4.29. The van der Waals surface area contributed by atoms with Crippen LogP contribution >= 0.6 is 11.6 Å². The van der Waals surface area contributed by atoms with Crippen LogP contribution in [0, 0.1) is 0 Å². The molecule has 0 aliphatic heterocycles. The Morgan fingerprint density at radius 3 is 2.43 bits per heavy atom. The van der Waals surface area contributed by atoms with E-state index in [1.54, 1.807) is 0 Å². The minimum absolute atomic E-state index is 0.309. The van der Waals surface area contributed by atoms with E-state index in [1.807, 2.05) is 13.8 Å². The van der Waals surface area contributed by atoms with Crippen LogP contribution in [0.2, 0.25) is 5.15 Å². The van der Waals surface area contributed by atoms with Gasteiger partial charge in [-0.15, -0.1) is 0 Å². The maximum Gasteiger partial charge on any atom is 0.180 e. The molecular weight excluding hydrogens is 222 g/mol. The van der Waals surface area contributed by atoms with Crippen molar-refractivity contribution in [3.05, 3.63) is 17.5 Å². The van der Waals surface area contributed by atoms with E-state index in [2.05, 4.69) is 14.3 Å². The Balaban J connectivity index is 3.08. The van der Waals surface area contributed by atoms with Crippen LogP contribution < -0.4 is 0 Å². The molecule has 1 heterocycles. The molecule has 0 aliphatic carbocycles. The predicted molar refractivity (Wildman–Crippen MR) is 58.4 cm³/mol. The fraction of sp³-hybridized carbons (Fsp3) is 0.500. The fourth-order valence-electron chi connectivity index (χ4n) is 0.856. The molecule has 0 N–H and O–H groups in total. The molecule has 0 fully saturated rings. The van der Waals surface area contributed by atoms with Crippen molar-refractivity contribution >= 4 is 27.1 Å². The lowest BCUT2D eigenvalue weighted by molar-refractivity contribution is 0.678. The van der Waals surface area contributed by atoms with E-state index in [9.17, 15) is 4.21 Å². The molecule has 1 rings (SSSR count). The van der Waals surface area contributed by atoms with Gasteiger partial charge < -0.3 is 0 Å². The largest absolute Gasteiger partial charge is 0.249 e. The first-order valence-electron chi connectivity index (χ1n) is 4.29. The Morgan fingerprint density at radius 2 is 2.00 bits per heavy atom. The molecule has 1 aromatic rings. The highest BCUT2D eigenvalue weighted by Crippen LogP contribution is 2.12. The van der Waals surface area contributed by atoms with Crippen LogP contribution in [0.3, 0.4) is 0 Å². The van der Waals surface area contributed by atoms with E-state index in [-0.39, 0.29) is 0 Å². The molecule has 0 amide bonds. The molecule has 0 aliphatic rings. The zero-order valence-electron chi connectivity index (χ0n) is 8.11. The number of rotatable bonds is 3. The third-order valence-electron chi connectivity index (χ3n) is 1.77. The summed E-state index contributed by atoms with van der Waals surface area (Å²) in [5, 5.41) is 0.309. The van der Waals surface area contributed by atoms with E-state index in [4.69, 9.17) is 11.6 Å². The molecule has 0 saturated carbocycles. The number of nitrogens with zero attached hydrogens (tertiary/aromatic N) is 3. The van der Waals surface area contributed by atoms with Crippen molar-refractivity contribution in [3.8, 4) is 0 Å². The Morgan fingerprint density at radius 1 is 1.36 bits per heavy atom. The van der Waals surface area contributed by atoms with Gasteiger partial charge in [-0.3, -0.25) is 0 Å². The normalized spacial score (nSPS) is 11.4. The summed E-state index contributed by atoms with van der Waals surface area (Å²) in [6.45, 7) is 3.69. The molecule has 0 aromatic carbocycles. The smallest absolute Gasteiger partial charge is 0.180 e. The van der Waals surface area contributed by atoms with Gasteiger partial charge in [-0.2, -0.15) is 4.36 Å². The summed E-state index contributed by atoms with van der Waals surface area (Å²) >= 11 is 5.56. The topological polar surface area (TPSA) is 55.2 Å². The molecule has 78 valence electrons. The van der Waals surface area contributed by atoms with Crippen LogP contribution in [-0.2, 0) is 9.73 Å². The predicted octanol–water partition coefficient (Wildman–Crippen LogP) is 2.27. The van der Waals surface area contributed by atoms with E-state index < -0.39 is 9.73 Å². The molecule has 1 aromatic heterocycles. The highest BCUT2D eigenvalue weighted by Gasteiger charge is 2.03. The Bertz CT molecular complexity index is 399. The second-order valence-corrected chi connectivity index (χ2v) is 5.91. The Labute approximate surface area is 88.9 Å². The van der Waals surface area contributed by atoms with E-state index in [0.717, 1.165) is 0 Å². The van der Waals surface area contributed by atoms with Crippen LogP contribution in [0.4, 0.5) is 5.82 Å². The fourth-order valence-corrected chi connectivity index (χ4v) is 2.06. The van der Waals surface area contributed by atoms with Gasteiger partial charge >= 0.3 is 0 Å². The molecule has 0 saturated heterocycles. The maximum atomic E-state index is 11.9. The first-order valence-corrected chi connectivity index (χ1v) is 6.53. The second-order valence-electron chi connectivity index (χ2n) is 2.64. The first-order chi connectivity index (χ1) is 6.59. The minimum atomic E-state index is -2.15. The van der Waals surface area contributed by atoms with Crippen LogP contribution in [0.5, 0.6) is 0 Å². The van der Waals surface area contributed by atoms with Gasteiger partial charge in [0, 0.05) is 11.5 Å². The summed E-state index contributed by atoms with van der Waals surface area (Å²) in [6, 6.07) is 0. The Kier molecular flexibility index (Phi) is 3.83. The van der Waals surface area contributed by atoms with Crippen LogP contribution in [0.15, 0.2) is 16.8 Å². The van der Waals surface area contributed by atoms with Crippen molar-refractivity contribution in [2.45, 2.75) is 13.8 Å². The highest BCUT2D eigenvalue weighted by atomic mass is 35.5. The van der Waals surface area contributed by atoms with Crippen molar-refractivity contribution < 1.29 is 4.21 Å². The molecule has 0 spiro atoms. The van der Waals surface area contributed by atoms with Crippen LogP contribution in [0.1, 0.15) is 13.8 Å². The standard InChI is InChI=1S/C8H12ClN3OS/c1-3-14(13,4-2)12-8-6-10-7(9)5-11-8/h5-6H,3-4H2,1-2H3. The molecule has 0 atom stereocenters. The second kappa shape index (κ2) is 4.70. The summed E-state index contributed by atoms with van der Waals surface area (Å²) in [4.78, 5) is 7.73. The minimum Gasteiger partial charge on any atom is -0.249 e. The van der Waals surface area contributed by atoms with Crippen molar-refractivity contribution in [1.29, 1.82) is 0 Å². The lowest BCUT2D eigenvalue weighted by atomic mass is 10.7. The average molecular weight is 234 g/mol. The van der Waals surface area contributed by atoms with Crippen molar-refractivity contribution in [3.63, 3.8) is 0 Å². The van der Waals surface area contributed by atoms with Crippen LogP contribution in [0.25, 0.3) is 0 Å². The summed E-state index contributed by atoms with van der Waals surface area (Å²) in [6.07, 6.45) is 2.82. The number of aromatic nitrogens is 2. The molecule has 6 heteroatoms. The number of hydrogen-bond acceptors (Lipinski definition) is 4. The van der Waals surface area contributed by atoms with Gasteiger partial charge in [0.25, 0.3) is 0 Å². The Hall–Kier alpha value is -0.680. The van der Waals surface area contributed by atoms with E-state index in [1.165, 1.54) is 12.4 Å². The highest BCUT2D eigenvalue weighted by molar-refractivity contribution is 7.93. The molecule has 0 radical (unpaired) electrons. The van der Waals surface area contributed by atoms with Gasteiger partial charge in [0.15, 0.2) is 5.82 Å². The monoisotopic (exact) mass is 233 g/mol. The summed E-state index contributed by atoms with van der Waals surface area (Å²) in [5.74, 6) is 1.42. The van der Waals surface area contributed by atoms with E-state index in [0.29, 0.717) is 22.5 Å². The van der Waals surface area contributed by atoms with Gasteiger partial charge in [-0.1, -0.05) is 25.4 Å². The first kappa shape index (κ1) is 11.4. The van der Waals surface area contributed by atoms with Gasteiger partial charge in [0.1, 0.15) is 5.15 Å². The lowest BCUT2D eigenvalue weighted by Gasteiger charge is -2.02. The van der Waals surface area contributed by atoms with Gasteiger partial charge in [0.2, 0.25) is 0 Å². The number of hydrogen-bond donors (Lipinski definition) is 0. The zero-order valence-corrected chi connectivity index (χ0v) is 9.68. The van der Waals surface area contributed by atoms with Crippen molar-refractivity contribution in [1.82, 2.24) is 9.97 Å². The third kappa shape index (κ3) is 2.92. The van der Waals surface area contributed by atoms with Gasteiger partial charge in [-0.25, -0.2) is 14.2 Å². The molecule has 4 nitrogen and oxygen atoms in total. The van der Waals surface area contributed by atoms with Crippen LogP contribution in [-0.4, -0.2) is 25.7 Å². The molecule has 0 bridgehead atoms. The SMILES string of the molecule is CCS(=O)(CC)=Nc1cnc(Cl)cn1. The van der Waals surface area contributed by atoms with Crippen molar-refractivity contribution in [2.75, 3.05) is 11.5 Å². The summed E-state index contributed by atoms with van der Waals surface area (Å²) in [7, 11) is -2.15. The van der Waals surface area contributed by atoms with Crippen molar-refractivity contribution in [2.24, 2.45) is 4.36 Å². The summed E-state index contributed by atoms with van der Waals surface area (Å²) in [5.41, 5.74) is 0. The van der Waals surface area contributed by atoms with Gasteiger partial charge in [-0.05, 0) is 0 Å². The average Bonchev–Trinajstić information content (AvgIpc) is 2.21. The van der Waals surface area contributed by atoms with E-state index >= 15 is 0 Å². The molecular formula is C8H12ClN3OS. The zero-order chi connectivity index (χ0) is 10.6. The molecule has 14 heavy (non-hydrogen) atoms. The number of halogens is 1. The quantitative estimate of drug-likeness (QED) is 0.805. The van der Waals surface area contributed by atoms with Gasteiger partial charge in [0.05, 0.1) is 22.1 Å². The lowest BCUT2D eigenvalue weighted by Crippen LogP contribution is -2.05.